The highest BCUT2D eigenvalue weighted by atomic mass is 16.2. The lowest BCUT2D eigenvalue weighted by molar-refractivity contribution is 0.242. The second-order valence-electron chi connectivity index (χ2n) is 3.07. The molecule has 6 heteroatoms. The number of hydrogen-bond donors (Lipinski definition) is 4. The van der Waals surface area contributed by atoms with Gasteiger partial charge < -0.3 is 21.3 Å². The highest BCUT2D eigenvalue weighted by molar-refractivity contribution is 5.73. The van der Waals surface area contributed by atoms with E-state index in [1.165, 1.54) is 0 Å². The number of urea groups is 2. The number of hydrogen-bond acceptors (Lipinski definition) is 2. The summed E-state index contributed by atoms with van der Waals surface area (Å²) >= 11 is 0. The number of amides is 4. The van der Waals surface area contributed by atoms with Crippen molar-refractivity contribution in [2.24, 2.45) is 0 Å². The van der Waals surface area contributed by atoms with Crippen LogP contribution in [0.5, 0.6) is 0 Å². The summed E-state index contributed by atoms with van der Waals surface area (Å²) in [4.78, 5) is 21.5. The first-order chi connectivity index (χ1) is 7.20. The molecule has 0 aromatic rings. The van der Waals surface area contributed by atoms with Crippen molar-refractivity contribution < 1.29 is 9.59 Å². The first kappa shape index (κ1) is 13.5. The molecule has 4 amide bonds. The zero-order chi connectivity index (χ0) is 11.5. The minimum Gasteiger partial charge on any atom is -0.341 e. The van der Waals surface area contributed by atoms with Gasteiger partial charge >= 0.3 is 12.1 Å². The molecule has 0 aliphatic heterocycles. The molecule has 0 heterocycles. The van der Waals surface area contributed by atoms with Gasteiger partial charge in [0.1, 0.15) is 0 Å². The molecular formula is C9H20N4O2. The van der Waals surface area contributed by atoms with Crippen LogP contribution in [0.4, 0.5) is 9.59 Å². The van der Waals surface area contributed by atoms with E-state index in [9.17, 15) is 9.59 Å². The van der Waals surface area contributed by atoms with E-state index in [-0.39, 0.29) is 12.1 Å². The van der Waals surface area contributed by atoms with Crippen LogP contribution in [0.2, 0.25) is 0 Å². The van der Waals surface area contributed by atoms with Gasteiger partial charge in [-0.3, -0.25) is 0 Å². The van der Waals surface area contributed by atoms with Crippen molar-refractivity contribution >= 4 is 12.1 Å². The van der Waals surface area contributed by atoms with Gasteiger partial charge in [-0.1, -0.05) is 0 Å². The Morgan fingerprint density at radius 1 is 0.800 bits per heavy atom. The molecule has 0 rings (SSSR count). The van der Waals surface area contributed by atoms with E-state index in [0.717, 1.165) is 19.3 Å². The molecule has 0 aliphatic carbocycles. The van der Waals surface area contributed by atoms with Gasteiger partial charge in [0.2, 0.25) is 0 Å². The molecule has 6 nitrogen and oxygen atoms in total. The second kappa shape index (κ2) is 9.11. The van der Waals surface area contributed by atoms with Gasteiger partial charge in [-0.25, -0.2) is 9.59 Å². The minimum absolute atomic E-state index is 0.154. The fourth-order valence-corrected chi connectivity index (χ4v) is 1.01. The molecule has 15 heavy (non-hydrogen) atoms. The van der Waals surface area contributed by atoms with Gasteiger partial charge in [0.15, 0.2) is 0 Å². The first-order valence-corrected chi connectivity index (χ1v) is 5.12. The van der Waals surface area contributed by atoms with E-state index < -0.39 is 0 Å². The summed E-state index contributed by atoms with van der Waals surface area (Å²) < 4.78 is 0. The highest BCUT2D eigenvalue weighted by Crippen LogP contribution is 1.91. The third-order valence-corrected chi connectivity index (χ3v) is 1.88. The number of nitrogens with one attached hydrogen (secondary N) is 4. The molecule has 0 spiro atoms. The quantitative estimate of drug-likeness (QED) is 0.472. The Hall–Kier alpha value is -1.46. The molecule has 88 valence electrons. The van der Waals surface area contributed by atoms with Crippen molar-refractivity contribution in [1.82, 2.24) is 21.3 Å². The fraction of sp³-hybridized carbons (Fsp3) is 0.778. The SMILES string of the molecule is CNC(=O)NCCCCCNC(=O)NC. The smallest absolute Gasteiger partial charge is 0.314 e. The van der Waals surface area contributed by atoms with Crippen LogP contribution in [-0.4, -0.2) is 39.2 Å². The molecule has 0 aromatic heterocycles. The predicted molar refractivity (Wildman–Crippen MR) is 58.8 cm³/mol. The van der Waals surface area contributed by atoms with Crippen molar-refractivity contribution in [2.45, 2.75) is 19.3 Å². The average molecular weight is 216 g/mol. The number of unbranched alkanes of at least 4 members (excludes halogenated alkanes) is 2. The summed E-state index contributed by atoms with van der Waals surface area (Å²) in [5, 5.41) is 10.3. The Bertz CT molecular complexity index is 177. The Balaban J connectivity index is 3.11. The van der Waals surface area contributed by atoms with Crippen LogP contribution in [0, 0.1) is 0 Å². The number of carbonyl (C=O) groups excluding carboxylic acids is 2. The predicted octanol–water partition coefficient (Wildman–Crippen LogP) is 0.0147. The molecule has 0 saturated heterocycles. The Kier molecular flexibility index (Phi) is 8.22. The Morgan fingerprint density at radius 3 is 1.53 bits per heavy atom. The maximum Gasteiger partial charge on any atom is 0.314 e. The summed E-state index contributed by atoms with van der Waals surface area (Å²) in [6, 6.07) is -0.308. The third kappa shape index (κ3) is 8.86. The molecule has 0 saturated carbocycles. The minimum atomic E-state index is -0.154. The van der Waals surface area contributed by atoms with Gasteiger partial charge in [0.25, 0.3) is 0 Å². The molecule has 4 N–H and O–H groups in total. The standard InChI is InChI=1S/C9H20N4O2/c1-10-8(14)12-6-4-3-5-7-13-9(15)11-2/h3-7H2,1-2H3,(H2,10,12,14)(H2,11,13,15). The fourth-order valence-electron chi connectivity index (χ4n) is 1.01. The van der Waals surface area contributed by atoms with Crippen LogP contribution in [0.1, 0.15) is 19.3 Å². The van der Waals surface area contributed by atoms with E-state index in [2.05, 4.69) is 21.3 Å². The van der Waals surface area contributed by atoms with E-state index in [0.29, 0.717) is 13.1 Å². The monoisotopic (exact) mass is 216 g/mol. The Morgan fingerprint density at radius 2 is 1.20 bits per heavy atom. The van der Waals surface area contributed by atoms with Crippen LogP contribution >= 0.6 is 0 Å². The number of rotatable bonds is 6. The van der Waals surface area contributed by atoms with E-state index in [1.807, 2.05) is 0 Å². The summed E-state index contributed by atoms with van der Waals surface area (Å²) in [6.07, 6.45) is 2.82. The maximum absolute atomic E-state index is 10.7. The van der Waals surface area contributed by atoms with Crippen molar-refractivity contribution in [1.29, 1.82) is 0 Å². The zero-order valence-electron chi connectivity index (χ0n) is 9.35. The normalized spacial score (nSPS) is 9.20. The van der Waals surface area contributed by atoms with Crippen molar-refractivity contribution in [3.63, 3.8) is 0 Å². The Labute approximate surface area is 90.2 Å². The van der Waals surface area contributed by atoms with Gasteiger partial charge in [-0.15, -0.1) is 0 Å². The van der Waals surface area contributed by atoms with Crippen molar-refractivity contribution in [2.75, 3.05) is 27.2 Å². The third-order valence-electron chi connectivity index (χ3n) is 1.88. The van der Waals surface area contributed by atoms with Crippen LogP contribution in [0.3, 0.4) is 0 Å². The molecule has 0 radical (unpaired) electrons. The van der Waals surface area contributed by atoms with Gasteiger partial charge in [-0.2, -0.15) is 0 Å². The number of carbonyl (C=O) groups is 2. The lowest BCUT2D eigenvalue weighted by atomic mass is 10.2. The first-order valence-electron chi connectivity index (χ1n) is 5.12. The van der Waals surface area contributed by atoms with E-state index in [4.69, 9.17) is 0 Å². The van der Waals surface area contributed by atoms with Crippen LogP contribution in [0.15, 0.2) is 0 Å². The molecular weight excluding hydrogens is 196 g/mol. The average Bonchev–Trinajstić information content (AvgIpc) is 2.26. The molecule has 0 bridgehead atoms. The van der Waals surface area contributed by atoms with Crippen LogP contribution < -0.4 is 21.3 Å². The molecule has 0 aliphatic rings. The van der Waals surface area contributed by atoms with Gasteiger partial charge in [-0.05, 0) is 19.3 Å². The summed E-state index contributed by atoms with van der Waals surface area (Å²) in [6.45, 7) is 1.33. The topological polar surface area (TPSA) is 82.3 Å². The van der Waals surface area contributed by atoms with Crippen LogP contribution in [-0.2, 0) is 0 Å². The van der Waals surface area contributed by atoms with Gasteiger partial charge in [0.05, 0.1) is 0 Å². The largest absolute Gasteiger partial charge is 0.341 e. The van der Waals surface area contributed by atoms with Crippen molar-refractivity contribution in [3.05, 3.63) is 0 Å². The molecule has 0 aromatic carbocycles. The second-order valence-corrected chi connectivity index (χ2v) is 3.07. The molecule has 0 fully saturated rings. The lowest BCUT2D eigenvalue weighted by Crippen LogP contribution is -2.34. The maximum atomic E-state index is 10.7. The summed E-state index contributed by atoms with van der Waals surface area (Å²) in [7, 11) is 3.17. The summed E-state index contributed by atoms with van der Waals surface area (Å²) in [5.41, 5.74) is 0. The highest BCUT2D eigenvalue weighted by Gasteiger charge is 1.96. The summed E-state index contributed by atoms with van der Waals surface area (Å²) in [5.74, 6) is 0. The molecule has 0 unspecified atom stereocenters. The molecule has 0 atom stereocenters. The van der Waals surface area contributed by atoms with Gasteiger partial charge in [0, 0.05) is 27.2 Å². The van der Waals surface area contributed by atoms with Crippen LogP contribution in [0.25, 0.3) is 0 Å². The van der Waals surface area contributed by atoms with Crippen molar-refractivity contribution in [3.8, 4) is 0 Å². The van der Waals surface area contributed by atoms with E-state index in [1.54, 1.807) is 14.1 Å². The van der Waals surface area contributed by atoms with E-state index >= 15 is 0 Å². The zero-order valence-corrected chi connectivity index (χ0v) is 9.35. The lowest BCUT2D eigenvalue weighted by Gasteiger charge is -2.05.